The number of carbonyl (C=O) groups excluding carboxylic acids is 1. The van der Waals surface area contributed by atoms with Crippen molar-refractivity contribution in [3.05, 3.63) is 22.4 Å². The molecule has 19 heavy (non-hydrogen) atoms. The summed E-state index contributed by atoms with van der Waals surface area (Å²) in [7, 11) is 0. The van der Waals surface area contributed by atoms with Gasteiger partial charge in [0.1, 0.15) is 11.7 Å². The number of nitrogens with zero attached hydrogens (tertiary/aromatic N) is 1. The Hall–Kier alpha value is -0.870. The molecule has 1 saturated carbocycles. The number of carbonyl (C=O) groups is 1. The van der Waals surface area contributed by atoms with Gasteiger partial charge in [0.25, 0.3) is 0 Å². The Kier molecular flexibility index (Phi) is 3.18. The van der Waals surface area contributed by atoms with Crippen LogP contribution in [0.3, 0.4) is 0 Å². The highest BCUT2D eigenvalue weighted by Crippen LogP contribution is 2.47. The Bertz CT molecular complexity index is 464. The molecule has 2 aliphatic rings. The van der Waals surface area contributed by atoms with E-state index in [1.165, 1.54) is 5.56 Å². The van der Waals surface area contributed by atoms with Crippen molar-refractivity contribution < 1.29 is 4.79 Å². The van der Waals surface area contributed by atoms with Gasteiger partial charge in [-0.1, -0.05) is 20.8 Å². The predicted molar refractivity (Wildman–Crippen MR) is 77.9 cm³/mol. The lowest BCUT2D eigenvalue weighted by Crippen LogP contribution is -2.43. The highest BCUT2D eigenvalue weighted by molar-refractivity contribution is 7.07. The van der Waals surface area contributed by atoms with Crippen molar-refractivity contribution in [1.82, 2.24) is 10.2 Å². The van der Waals surface area contributed by atoms with Crippen molar-refractivity contribution in [2.45, 2.75) is 57.8 Å². The van der Waals surface area contributed by atoms with Gasteiger partial charge in [-0.3, -0.25) is 10.1 Å². The van der Waals surface area contributed by atoms with Crippen LogP contribution in [0.5, 0.6) is 0 Å². The van der Waals surface area contributed by atoms with Gasteiger partial charge >= 0.3 is 0 Å². The second-order valence-corrected chi connectivity index (χ2v) is 6.90. The first-order valence-electron chi connectivity index (χ1n) is 7.21. The van der Waals surface area contributed by atoms with Gasteiger partial charge in [0.2, 0.25) is 5.91 Å². The zero-order valence-corrected chi connectivity index (χ0v) is 12.7. The SMILES string of the molecule is CCC(C(C)C)N1C(=O)C2(CC2)NC1c1ccsc1. The minimum absolute atomic E-state index is 0.0774. The Balaban J connectivity index is 1.95. The van der Waals surface area contributed by atoms with Crippen LogP contribution in [0.4, 0.5) is 0 Å². The van der Waals surface area contributed by atoms with E-state index >= 15 is 0 Å². The van der Waals surface area contributed by atoms with Crippen molar-refractivity contribution >= 4 is 17.2 Å². The lowest BCUT2D eigenvalue weighted by molar-refractivity contribution is -0.134. The van der Waals surface area contributed by atoms with Gasteiger partial charge in [-0.15, -0.1) is 0 Å². The molecule has 1 aliphatic carbocycles. The molecule has 2 unspecified atom stereocenters. The maximum atomic E-state index is 12.8. The molecule has 1 amide bonds. The molecule has 0 aromatic carbocycles. The van der Waals surface area contributed by atoms with E-state index < -0.39 is 0 Å². The third kappa shape index (κ3) is 2.01. The molecule has 3 nitrogen and oxygen atoms in total. The quantitative estimate of drug-likeness (QED) is 0.917. The topological polar surface area (TPSA) is 32.3 Å². The maximum Gasteiger partial charge on any atom is 0.244 e. The Labute approximate surface area is 119 Å². The first-order chi connectivity index (χ1) is 9.09. The minimum Gasteiger partial charge on any atom is -0.318 e. The highest BCUT2D eigenvalue weighted by Gasteiger charge is 2.60. The zero-order chi connectivity index (χ0) is 13.6. The molecule has 0 radical (unpaired) electrons. The number of amides is 1. The van der Waals surface area contributed by atoms with Crippen LogP contribution in [-0.4, -0.2) is 22.4 Å². The highest BCUT2D eigenvalue weighted by atomic mass is 32.1. The molecule has 2 atom stereocenters. The summed E-state index contributed by atoms with van der Waals surface area (Å²) in [4.78, 5) is 14.9. The molecule has 1 spiro atoms. The number of rotatable bonds is 4. The number of nitrogens with one attached hydrogen (secondary N) is 1. The van der Waals surface area contributed by atoms with Crippen LogP contribution in [0, 0.1) is 5.92 Å². The molecule has 104 valence electrons. The number of hydrogen-bond donors (Lipinski definition) is 1. The van der Waals surface area contributed by atoms with Crippen LogP contribution in [0.2, 0.25) is 0 Å². The van der Waals surface area contributed by atoms with Crippen molar-refractivity contribution in [3.8, 4) is 0 Å². The van der Waals surface area contributed by atoms with Crippen molar-refractivity contribution in [1.29, 1.82) is 0 Å². The lowest BCUT2D eigenvalue weighted by Gasteiger charge is -2.34. The molecule has 1 N–H and O–H groups in total. The summed E-state index contributed by atoms with van der Waals surface area (Å²) in [5.41, 5.74) is 1.01. The maximum absolute atomic E-state index is 12.8. The first-order valence-corrected chi connectivity index (χ1v) is 8.16. The van der Waals surface area contributed by atoms with Gasteiger partial charge < -0.3 is 4.90 Å². The van der Waals surface area contributed by atoms with Gasteiger partial charge in [0.05, 0.1) is 0 Å². The standard InChI is InChI=1S/C15H22N2OS/c1-4-12(10(2)3)17-13(11-5-8-19-9-11)16-15(6-7-15)14(17)18/h5,8-10,12-13,16H,4,6-7H2,1-3H3. The first kappa shape index (κ1) is 13.1. The Morgan fingerprint density at radius 2 is 2.26 bits per heavy atom. The van der Waals surface area contributed by atoms with Crippen LogP contribution in [0.1, 0.15) is 51.8 Å². The van der Waals surface area contributed by atoms with Crippen molar-refractivity contribution in [2.24, 2.45) is 5.92 Å². The molecule has 0 bridgehead atoms. The monoisotopic (exact) mass is 278 g/mol. The normalized spacial score (nSPS) is 26.4. The largest absolute Gasteiger partial charge is 0.318 e. The zero-order valence-electron chi connectivity index (χ0n) is 11.8. The molecule has 2 heterocycles. The summed E-state index contributed by atoms with van der Waals surface area (Å²) in [6, 6.07) is 2.46. The van der Waals surface area contributed by atoms with E-state index in [1.54, 1.807) is 11.3 Å². The second-order valence-electron chi connectivity index (χ2n) is 6.12. The summed E-state index contributed by atoms with van der Waals surface area (Å²) in [5, 5.41) is 7.85. The molecule has 3 rings (SSSR count). The summed E-state index contributed by atoms with van der Waals surface area (Å²) >= 11 is 1.70. The third-order valence-electron chi connectivity index (χ3n) is 4.49. The average Bonchev–Trinajstić information content (AvgIpc) is 2.84. The lowest BCUT2D eigenvalue weighted by atomic mass is 9.98. The molecule has 1 aromatic heterocycles. The summed E-state index contributed by atoms with van der Waals surface area (Å²) < 4.78 is 0. The Morgan fingerprint density at radius 3 is 2.74 bits per heavy atom. The minimum atomic E-state index is -0.227. The van der Waals surface area contributed by atoms with Crippen molar-refractivity contribution in [3.63, 3.8) is 0 Å². The van der Waals surface area contributed by atoms with E-state index in [9.17, 15) is 4.79 Å². The van der Waals surface area contributed by atoms with Crippen molar-refractivity contribution in [2.75, 3.05) is 0 Å². The Morgan fingerprint density at radius 1 is 1.53 bits per heavy atom. The molecule has 4 heteroatoms. The number of hydrogen-bond acceptors (Lipinski definition) is 3. The number of thiophene rings is 1. The van der Waals surface area contributed by atoms with Gasteiger partial charge in [0.15, 0.2) is 0 Å². The van der Waals surface area contributed by atoms with Crippen LogP contribution in [0.25, 0.3) is 0 Å². The molecule has 1 aromatic rings. The van der Waals surface area contributed by atoms with E-state index in [-0.39, 0.29) is 11.7 Å². The second kappa shape index (κ2) is 4.60. The van der Waals surface area contributed by atoms with E-state index in [4.69, 9.17) is 0 Å². The van der Waals surface area contributed by atoms with Crippen LogP contribution in [-0.2, 0) is 4.79 Å². The van der Waals surface area contributed by atoms with Gasteiger partial charge in [0, 0.05) is 6.04 Å². The fraction of sp³-hybridized carbons (Fsp3) is 0.667. The van der Waals surface area contributed by atoms with Gasteiger partial charge in [-0.2, -0.15) is 11.3 Å². The fourth-order valence-electron chi connectivity index (χ4n) is 3.25. The van der Waals surface area contributed by atoms with E-state index in [2.05, 4.69) is 47.8 Å². The summed E-state index contributed by atoms with van der Waals surface area (Å²) in [6.07, 6.45) is 3.09. The smallest absolute Gasteiger partial charge is 0.244 e. The van der Waals surface area contributed by atoms with Crippen LogP contribution >= 0.6 is 11.3 Å². The van der Waals surface area contributed by atoms with E-state index in [0.29, 0.717) is 17.9 Å². The fourth-order valence-corrected chi connectivity index (χ4v) is 3.93. The summed E-state index contributed by atoms with van der Waals surface area (Å²) in [6.45, 7) is 6.61. The van der Waals surface area contributed by atoms with Gasteiger partial charge in [-0.25, -0.2) is 0 Å². The van der Waals surface area contributed by atoms with Crippen LogP contribution < -0.4 is 5.32 Å². The van der Waals surface area contributed by atoms with Crippen LogP contribution in [0.15, 0.2) is 16.8 Å². The molecule has 1 aliphatic heterocycles. The predicted octanol–water partition coefficient (Wildman–Crippen LogP) is 3.15. The van der Waals surface area contributed by atoms with E-state index in [0.717, 1.165) is 19.3 Å². The summed E-state index contributed by atoms with van der Waals surface area (Å²) in [5.74, 6) is 0.815. The molecular weight excluding hydrogens is 256 g/mol. The van der Waals surface area contributed by atoms with Gasteiger partial charge in [-0.05, 0) is 47.6 Å². The molecule has 2 fully saturated rings. The molecule has 1 saturated heterocycles. The van der Waals surface area contributed by atoms with E-state index in [1.807, 2.05) is 0 Å². The average molecular weight is 278 g/mol. The molecular formula is C15H22N2OS. The third-order valence-corrected chi connectivity index (χ3v) is 5.19.